The second kappa shape index (κ2) is 26.6. The van der Waals surface area contributed by atoms with Crippen LogP contribution in [0.15, 0.2) is 0 Å². The Bertz CT molecular complexity index is 372. The van der Waals surface area contributed by atoms with Gasteiger partial charge >= 0.3 is 5.97 Å². The van der Waals surface area contributed by atoms with E-state index in [1.54, 1.807) is 0 Å². The van der Waals surface area contributed by atoms with E-state index in [4.69, 9.17) is 14.2 Å². The summed E-state index contributed by atoms with van der Waals surface area (Å²) in [6.45, 7) is 10.0. The van der Waals surface area contributed by atoms with Gasteiger partial charge in [-0.15, -0.1) is 0 Å². The molecule has 1 unspecified atom stereocenters. The summed E-state index contributed by atoms with van der Waals surface area (Å²) in [4.78, 5) is 12.0. The van der Waals surface area contributed by atoms with Crippen LogP contribution < -0.4 is 0 Å². The molecule has 0 aromatic carbocycles. The zero-order chi connectivity index (χ0) is 23.5. The van der Waals surface area contributed by atoms with Crippen LogP contribution in [-0.4, -0.2) is 39.0 Å². The van der Waals surface area contributed by atoms with Crippen molar-refractivity contribution >= 4 is 5.97 Å². The number of hydrogen-bond acceptors (Lipinski definition) is 4. The quantitative estimate of drug-likeness (QED) is 0.0970. The van der Waals surface area contributed by atoms with Gasteiger partial charge in [-0.1, -0.05) is 104 Å². The summed E-state index contributed by atoms with van der Waals surface area (Å²) in [5, 5.41) is 0. The average molecular weight is 457 g/mol. The maximum atomic E-state index is 12.0. The van der Waals surface area contributed by atoms with Gasteiger partial charge in [0.25, 0.3) is 0 Å². The van der Waals surface area contributed by atoms with Gasteiger partial charge in [-0.05, 0) is 31.6 Å². The molecule has 0 fully saturated rings. The van der Waals surface area contributed by atoms with E-state index in [-0.39, 0.29) is 5.97 Å². The van der Waals surface area contributed by atoms with Crippen molar-refractivity contribution < 1.29 is 19.0 Å². The van der Waals surface area contributed by atoms with Gasteiger partial charge in [0.15, 0.2) is 0 Å². The average Bonchev–Trinajstić information content (AvgIpc) is 2.80. The smallest absolute Gasteiger partial charge is 0.305 e. The first-order valence-corrected chi connectivity index (χ1v) is 14.1. The van der Waals surface area contributed by atoms with Gasteiger partial charge in [-0.3, -0.25) is 4.79 Å². The minimum absolute atomic E-state index is 0.0744. The summed E-state index contributed by atoms with van der Waals surface area (Å²) in [7, 11) is 0. The molecular weight excluding hydrogens is 400 g/mol. The molecule has 0 saturated carbocycles. The Morgan fingerprint density at radius 2 is 1.06 bits per heavy atom. The first kappa shape index (κ1) is 31.4. The molecule has 0 N–H and O–H groups in total. The molecule has 0 aliphatic heterocycles. The molecule has 0 aliphatic carbocycles. The maximum Gasteiger partial charge on any atom is 0.305 e. The molecule has 192 valence electrons. The lowest BCUT2D eigenvalue weighted by molar-refractivity contribution is -0.145. The number of carbonyl (C=O) groups is 1. The fourth-order valence-electron chi connectivity index (χ4n) is 3.93. The zero-order valence-electron chi connectivity index (χ0n) is 22.0. The summed E-state index contributed by atoms with van der Waals surface area (Å²) in [6, 6.07) is 0. The van der Waals surface area contributed by atoms with Crippen LogP contribution in [0.5, 0.6) is 0 Å². The summed E-state index contributed by atoms with van der Waals surface area (Å²) in [5.41, 5.74) is 0. The first-order valence-electron chi connectivity index (χ1n) is 14.1. The number of hydrogen-bond donors (Lipinski definition) is 0. The summed E-state index contributed by atoms with van der Waals surface area (Å²) in [6.07, 6.45) is 21.7. The number of rotatable bonds is 26. The summed E-state index contributed by atoms with van der Waals surface area (Å²) < 4.78 is 16.8. The Morgan fingerprint density at radius 1 is 0.562 bits per heavy atom. The van der Waals surface area contributed by atoms with Crippen molar-refractivity contribution in [3.8, 4) is 0 Å². The third-order valence-corrected chi connectivity index (χ3v) is 6.10. The van der Waals surface area contributed by atoms with E-state index in [2.05, 4.69) is 20.8 Å². The molecule has 0 heterocycles. The topological polar surface area (TPSA) is 44.8 Å². The Balaban J connectivity index is 3.48. The van der Waals surface area contributed by atoms with Gasteiger partial charge in [0, 0.05) is 19.6 Å². The Morgan fingerprint density at radius 3 is 1.69 bits per heavy atom. The highest BCUT2D eigenvalue weighted by Crippen LogP contribution is 2.18. The van der Waals surface area contributed by atoms with E-state index in [9.17, 15) is 4.79 Å². The SMILES string of the molecule is CCCCCCCCCCOCCOCCCC(=O)OCC(CCCC)CCCCCC. The van der Waals surface area contributed by atoms with E-state index in [0.717, 1.165) is 19.4 Å². The molecule has 0 aromatic rings. The molecule has 0 rings (SSSR count). The monoisotopic (exact) mass is 456 g/mol. The Labute approximate surface area is 200 Å². The minimum atomic E-state index is -0.0744. The van der Waals surface area contributed by atoms with Gasteiger partial charge in [0.05, 0.1) is 19.8 Å². The number of carbonyl (C=O) groups excluding carboxylic acids is 1. The predicted molar refractivity (Wildman–Crippen MR) is 136 cm³/mol. The number of ether oxygens (including phenoxy) is 3. The van der Waals surface area contributed by atoms with Crippen molar-refractivity contribution in [2.45, 2.75) is 136 Å². The van der Waals surface area contributed by atoms with Crippen molar-refractivity contribution in [2.24, 2.45) is 5.92 Å². The molecule has 1 atom stereocenters. The maximum absolute atomic E-state index is 12.0. The van der Waals surface area contributed by atoms with Gasteiger partial charge in [-0.2, -0.15) is 0 Å². The predicted octanol–water partition coefficient (Wildman–Crippen LogP) is 8.26. The number of esters is 1. The lowest BCUT2D eigenvalue weighted by Gasteiger charge is -2.16. The van der Waals surface area contributed by atoms with Crippen LogP contribution in [0.2, 0.25) is 0 Å². The highest BCUT2D eigenvalue weighted by molar-refractivity contribution is 5.69. The van der Waals surface area contributed by atoms with Crippen molar-refractivity contribution in [2.75, 3.05) is 33.0 Å². The van der Waals surface area contributed by atoms with Crippen molar-refractivity contribution in [1.82, 2.24) is 0 Å². The zero-order valence-corrected chi connectivity index (χ0v) is 22.0. The van der Waals surface area contributed by atoms with E-state index in [1.807, 2.05) is 0 Å². The van der Waals surface area contributed by atoms with Crippen LogP contribution >= 0.6 is 0 Å². The largest absolute Gasteiger partial charge is 0.465 e. The second-order valence-corrected chi connectivity index (χ2v) is 9.34. The van der Waals surface area contributed by atoms with Gasteiger partial charge < -0.3 is 14.2 Å². The summed E-state index contributed by atoms with van der Waals surface area (Å²) >= 11 is 0. The van der Waals surface area contributed by atoms with Crippen molar-refractivity contribution in [3.05, 3.63) is 0 Å². The third kappa shape index (κ3) is 24.0. The fourth-order valence-corrected chi connectivity index (χ4v) is 3.93. The highest BCUT2D eigenvalue weighted by atomic mass is 16.5. The van der Waals surface area contributed by atoms with Crippen molar-refractivity contribution in [3.63, 3.8) is 0 Å². The van der Waals surface area contributed by atoms with E-state index in [0.29, 0.717) is 38.8 Å². The van der Waals surface area contributed by atoms with Gasteiger partial charge in [0.2, 0.25) is 0 Å². The van der Waals surface area contributed by atoms with E-state index in [1.165, 1.54) is 96.3 Å². The summed E-state index contributed by atoms with van der Waals surface area (Å²) in [5.74, 6) is 0.458. The molecule has 4 heteroatoms. The van der Waals surface area contributed by atoms with E-state index >= 15 is 0 Å². The minimum Gasteiger partial charge on any atom is -0.465 e. The van der Waals surface area contributed by atoms with E-state index < -0.39 is 0 Å². The Hall–Kier alpha value is -0.610. The molecular formula is C28H56O4. The molecule has 0 amide bonds. The van der Waals surface area contributed by atoms with Crippen LogP contribution in [0.1, 0.15) is 136 Å². The van der Waals surface area contributed by atoms with Crippen LogP contribution in [-0.2, 0) is 19.0 Å². The Kier molecular flexibility index (Phi) is 26.1. The van der Waals surface area contributed by atoms with Gasteiger partial charge in [-0.25, -0.2) is 0 Å². The lowest BCUT2D eigenvalue weighted by Crippen LogP contribution is -2.15. The highest BCUT2D eigenvalue weighted by Gasteiger charge is 2.12. The van der Waals surface area contributed by atoms with Crippen LogP contribution in [0, 0.1) is 5.92 Å². The number of unbranched alkanes of at least 4 members (excludes halogenated alkanes) is 11. The molecule has 0 saturated heterocycles. The van der Waals surface area contributed by atoms with Crippen LogP contribution in [0.4, 0.5) is 0 Å². The lowest BCUT2D eigenvalue weighted by atomic mass is 9.96. The third-order valence-electron chi connectivity index (χ3n) is 6.10. The molecule has 0 aliphatic rings. The molecule has 32 heavy (non-hydrogen) atoms. The second-order valence-electron chi connectivity index (χ2n) is 9.34. The van der Waals surface area contributed by atoms with Crippen LogP contribution in [0.3, 0.4) is 0 Å². The normalized spacial score (nSPS) is 12.2. The molecule has 0 radical (unpaired) electrons. The first-order chi connectivity index (χ1) is 15.7. The standard InChI is InChI=1S/C28H56O4/c1-4-7-10-12-13-14-15-17-22-30-24-25-31-23-18-21-28(29)32-26-27(19-9-6-3)20-16-11-8-5-2/h27H,4-26H2,1-3H3. The van der Waals surface area contributed by atoms with Crippen molar-refractivity contribution in [1.29, 1.82) is 0 Å². The van der Waals surface area contributed by atoms with Gasteiger partial charge in [0.1, 0.15) is 0 Å². The molecule has 0 bridgehead atoms. The van der Waals surface area contributed by atoms with Crippen LogP contribution in [0.25, 0.3) is 0 Å². The fraction of sp³-hybridized carbons (Fsp3) is 0.964. The molecule has 0 aromatic heterocycles. The molecule has 0 spiro atoms. The molecule has 4 nitrogen and oxygen atoms in total.